The molecule has 9 heteroatoms. The number of nitrogens with zero attached hydrogens (tertiary/aromatic N) is 5. The van der Waals surface area contributed by atoms with Crippen LogP contribution in [0.2, 0.25) is 5.15 Å². The predicted octanol–water partition coefficient (Wildman–Crippen LogP) is 4.19. The second kappa shape index (κ2) is 8.75. The van der Waals surface area contributed by atoms with Crippen LogP contribution >= 0.6 is 11.6 Å². The molecule has 2 N–H and O–H groups in total. The molecular formula is C25H31ClN6O2. The van der Waals surface area contributed by atoms with Gasteiger partial charge in [-0.1, -0.05) is 11.6 Å². The SMILES string of the molecule is Cc1cc2cnc(Nc3cnn(C4CC4)c3Cl)nc2cc1C1CCN([C@@H]2COCC2O)[C@@H](C)C1. The molecule has 3 fully saturated rings. The second-order valence-corrected chi connectivity index (χ2v) is 10.4. The number of nitrogens with one attached hydrogen (secondary N) is 1. The number of halogens is 1. The Bertz CT molecular complexity index is 1210. The molecule has 2 aromatic heterocycles. The highest BCUT2D eigenvalue weighted by Gasteiger charge is 2.37. The lowest BCUT2D eigenvalue weighted by atomic mass is 9.82. The maximum Gasteiger partial charge on any atom is 0.227 e. The Morgan fingerprint density at radius 1 is 1.18 bits per heavy atom. The number of aryl methyl sites for hydroxylation is 1. The van der Waals surface area contributed by atoms with Crippen molar-refractivity contribution in [2.45, 2.75) is 69.7 Å². The zero-order valence-corrected chi connectivity index (χ0v) is 20.4. The molecule has 2 saturated heterocycles. The summed E-state index contributed by atoms with van der Waals surface area (Å²) >= 11 is 6.51. The summed E-state index contributed by atoms with van der Waals surface area (Å²) in [6.45, 7) is 6.49. The van der Waals surface area contributed by atoms with Gasteiger partial charge in [0.05, 0.1) is 48.8 Å². The van der Waals surface area contributed by atoms with E-state index in [4.69, 9.17) is 21.3 Å². The molecule has 2 aliphatic heterocycles. The lowest BCUT2D eigenvalue weighted by molar-refractivity contribution is 0.0351. The van der Waals surface area contributed by atoms with Crippen LogP contribution in [-0.2, 0) is 4.74 Å². The van der Waals surface area contributed by atoms with Crippen LogP contribution in [0.1, 0.15) is 55.7 Å². The van der Waals surface area contributed by atoms with Crippen molar-refractivity contribution in [2.75, 3.05) is 25.1 Å². The predicted molar refractivity (Wildman–Crippen MR) is 132 cm³/mol. The highest BCUT2D eigenvalue weighted by Crippen LogP contribution is 2.39. The van der Waals surface area contributed by atoms with Crippen molar-refractivity contribution in [1.29, 1.82) is 0 Å². The molecule has 0 spiro atoms. The molecule has 34 heavy (non-hydrogen) atoms. The van der Waals surface area contributed by atoms with Crippen molar-refractivity contribution in [2.24, 2.45) is 0 Å². The standard InChI is InChI=1S/C25H31ClN6O2/c1-14-7-17-10-27-25(30-21-11-28-32(24(21)26)18-3-4-18)29-20(17)9-19(14)16-5-6-31(15(2)8-16)22-12-34-13-23(22)33/h7,9-11,15-16,18,22-23,33H,3-6,8,12-13H2,1-2H3,(H,27,29,30)/t15-,16?,22+,23?/m0/s1. The number of benzene rings is 1. The fraction of sp³-hybridized carbons (Fsp3) is 0.560. The van der Waals surface area contributed by atoms with Crippen LogP contribution in [-0.4, -0.2) is 67.7 Å². The summed E-state index contributed by atoms with van der Waals surface area (Å²) in [5.41, 5.74) is 4.30. The maximum absolute atomic E-state index is 10.3. The van der Waals surface area contributed by atoms with Crippen LogP contribution in [0.3, 0.4) is 0 Å². The number of hydrogen-bond donors (Lipinski definition) is 2. The molecule has 4 heterocycles. The minimum atomic E-state index is -0.381. The summed E-state index contributed by atoms with van der Waals surface area (Å²) in [4.78, 5) is 11.7. The van der Waals surface area contributed by atoms with Crippen molar-refractivity contribution in [3.63, 3.8) is 0 Å². The lowest BCUT2D eigenvalue weighted by Gasteiger charge is -2.42. The number of aliphatic hydroxyl groups excluding tert-OH is 1. The smallest absolute Gasteiger partial charge is 0.227 e. The minimum absolute atomic E-state index is 0.117. The monoisotopic (exact) mass is 482 g/mol. The topological polar surface area (TPSA) is 88.3 Å². The first-order chi connectivity index (χ1) is 16.5. The summed E-state index contributed by atoms with van der Waals surface area (Å²) in [5.74, 6) is 0.991. The Hall–Kier alpha value is -2.26. The Balaban J connectivity index is 1.22. The number of rotatable bonds is 5. The van der Waals surface area contributed by atoms with E-state index in [0.29, 0.717) is 42.3 Å². The summed E-state index contributed by atoms with van der Waals surface area (Å²) in [5, 5.41) is 19.6. The Morgan fingerprint density at radius 3 is 2.76 bits per heavy atom. The summed E-state index contributed by atoms with van der Waals surface area (Å²) in [7, 11) is 0. The van der Waals surface area contributed by atoms with Crippen LogP contribution < -0.4 is 5.32 Å². The molecule has 2 unspecified atom stereocenters. The number of piperidine rings is 1. The third kappa shape index (κ3) is 4.06. The van der Waals surface area contributed by atoms with Gasteiger partial charge in [0.2, 0.25) is 5.95 Å². The van der Waals surface area contributed by atoms with E-state index in [0.717, 1.165) is 48.8 Å². The van der Waals surface area contributed by atoms with Gasteiger partial charge in [0.15, 0.2) is 5.15 Å². The highest BCUT2D eigenvalue weighted by molar-refractivity contribution is 6.32. The number of ether oxygens (including phenoxy) is 1. The van der Waals surface area contributed by atoms with Crippen molar-refractivity contribution in [3.05, 3.63) is 40.8 Å². The van der Waals surface area contributed by atoms with Gasteiger partial charge in [0, 0.05) is 17.6 Å². The van der Waals surface area contributed by atoms with Crippen molar-refractivity contribution < 1.29 is 9.84 Å². The van der Waals surface area contributed by atoms with Crippen LogP contribution in [0.25, 0.3) is 10.9 Å². The lowest BCUT2D eigenvalue weighted by Crippen LogP contribution is -2.51. The number of aliphatic hydroxyl groups is 1. The van der Waals surface area contributed by atoms with Crippen LogP contribution in [0, 0.1) is 6.92 Å². The van der Waals surface area contributed by atoms with Crippen LogP contribution in [0.15, 0.2) is 24.5 Å². The average molecular weight is 483 g/mol. The van der Waals surface area contributed by atoms with E-state index in [2.05, 4.69) is 46.3 Å². The van der Waals surface area contributed by atoms with E-state index in [1.807, 2.05) is 10.9 Å². The largest absolute Gasteiger partial charge is 0.389 e. The molecule has 3 aromatic rings. The molecule has 8 nitrogen and oxygen atoms in total. The number of fused-ring (bicyclic) bond motifs is 1. The fourth-order valence-corrected chi connectivity index (χ4v) is 5.93. The van der Waals surface area contributed by atoms with Gasteiger partial charge in [0.25, 0.3) is 0 Å². The maximum atomic E-state index is 10.3. The minimum Gasteiger partial charge on any atom is -0.389 e. The summed E-state index contributed by atoms with van der Waals surface area (Å²) < 4.78 is 7.37. The molecule has 1 aliphatic carbocycles. The van der Waals surface area contributed by atoms with Gasteiger partial charge in [0.1, 0.15) is 0 Å². The second-order valence-electron chi connectivity index (χ2n) is 10.1. The first kappa shape index (κ1) is 22.2. The molecule has 4 atom stereocenters. The Labute approximate surface area is 204 Å². The number of anilines is 2. The number of aromatic nitrogens is 4. The first-order valence-corrected chi connectivity index (χ1v) is 12.6. The summed E-state index contributed by atoms with van der Waals surface area (Å²) in [6, 6.07) is 5.35. The average Bonchev–Trinajstić information content (AvgIpc) is 3.48. The number of hydrogen-bond acceptors (Lipinski definition) is 7. The zero-order valence-electron chi connectivity index (χ0n) is 19.6. The van der Waals surface area contributed by atoms with Gasteiger partial charge < -0.3 is 15.2 Å². The van der Waals surface area contributed by atoms with E-state index in [1.54, 1.807) is 6.20 Å². The highest BCUT2D eigenvalue weighted by atomic mass is 35.5. The van der Waals surface area contributed by atoms with E-state index < -0.39 is 0 Å². The van der Waals surface area contributed by atoms with Gasteiger partial charge in [-0.25, -0.2) is 14.6 Å². The third-order valence-electron chi connectivity index (χ3n) is 7.66. The van der Waals surface area contributed by atoms with Gasteiger partial charge >= 0.3 is 0 Å². The molecule has 0 radical (unpaired) electrons. The Morgan fingerprint density at radius 2 is 2.03 bits per heavy atom. The fourth-order valence-electron chi connectivity index (χ4n) is 5.65. The van der Waals surface area contributed by atoms with E-state index >= 15 is 0 Å². The zero-order chi connectivity index (χ0) is 23.4. The van der Waals surface area contributed by atoms with Crippen LogP contribution in [0.4, 0.5) is 11.6 Å². The van der Waals surface area contributed by atoms with Crippen LogP contribution in [0.5, 0.6) is 0 Å². The molecule has 3 aliphatic rings. The molecule has 0 bridgehead atoms. The van der Waals surface area contributed by atoms with Crippen molar-refractivity contribution in [1.82, 2.24) is 24.6 Å². The van der Waals surface area contributed by atoms with Gasteiger partial charge in [-0.3, -0.25) is 4.90 Å². The summed E-state index contributed by atoms with van der Waals surface area (Å²) in [6.07, 6.45) is 7.61. The van der Waals surface area contributed by atoms with E-state index in [1.165, 1.54) is 11.1 Å². The van der Waals surface area contributed by atoms with E-state index in [-0.39, 0.29) is 12.1 Å². The quantitative estimate of drug-likeness (QED) is 0.563. The molecule has 0 amide bonds. The van der Waals surface area contributed by atoms with Gasteiger partial charge in [-0.15, -0.1) is 0 Å². The van der Waals surface area contributed by atoms with Crippen molar-refractivity contribution >= 4 is 34.1 Å². The number of likely N-dealkylation sites (tertiary alicyclic amines) is 1. The first-order valence-electron chi connectivity index (χ1n) is 12.3. The molecule has 6 rings (SSSR count). The van der Waals surface area contributed by atoms with Gasteiger partial charge in [-0.2, -0.15) is 5.10 Å². The molecule has 1 saturated carbocycles. The molecular weight excluding hydrogens is 452 g/mol. The van der Waals surface area contributed by atoms with Crippen molar-refractivity contribution in [3.8, 4) is 0 Å². The molecule has 180 valence electrons. The third-order valence-corrected chi connectivity index (χ3v) is 8.03. The van der Waals surface area contributed by atoms with E-state index in [9.17, 15) is 5.11 Å². The molecule has 1 aromatic carbocycles. The van der Waals surface area contributed by atoms with Gasteiger partial charge in [-0.05, 0) is 75.3 Å². The normalized spacial score (nSPS) is 28.0. The Kier molecular flexibility index (Phi) is 5.72.